The summed E-state index contributed by atoms with van der Waals surface area (Å²) in [6, 6.07) is 10.6. The number of hydrogen-bond acceptors (Lipinski definition) is 7. The number of benzene rings is 1. The summed E-state index contributed by atoms with van der Waals surface area (Å²) in [6.07, 6.45) is 5.53. The Balaban J connectivity index is 1.41. The molecule has 4 heterocycles. The molecular formula is C23H26N4O3. The molecule has 1 aromatic carbocycles. The number of ether oxygens (including phenoxy) is 3. The van der Waals surface area contributed by atoms with Crippen molar-refractivity contribution < 1.29 is 14.2 Å². The molecule has 7 nitrogen and oxygen atoms in total. The van der Waals surface area contributed by atoms with E-state index in [2.05, 4.69) is 39.6 Å². The summed E-state index contributed by atoms with van der Waals surface area (Å²) < 4.78 is 17.3. The van der Waals surface area contributed by atoms with Gasteiger partial charge in [0.05, 0.1) is 17.8 Å². The minimum absolute atomic E-state index is 0.00897. The third kappa shape index (κ3) is 4.28. The monoisotopic (exact) mass is 406 g/mol. The zero-order valence-corrected chi connectivity index (χ0v) is 16.9. The van der Waals surface area contributed by atoms with Crippen LogP contribution in [0.1, 0.15) is 24.3 Å². The molecule has 0 unspecified atom stereocenters. The van der Waals surface area contributed by atoms with Crippen LogP contribution in [0.25, 0.3) is 22.3 Å². The van der Waals surface area contributed by atoms with Gasteiger partial charge in [-0.3, -0.25) is 4.98 Å². The van der Waals surface area contributed by atoms with Crippen LogP contribution in [0.3, 0.4) is 0 Å². The van der Waals surface area contributed by atoms with Crippen molar-refractivity contribution in [3.8, 4) is 17.1 Å². The van der Waals surface area contributed by atoms with Gasteiger partial charge in [0.2, 0.25) is 5.88 Å². The maximum absolute atomic E-state index is 6.05. The first-order valence-corrected chi connectivity index (χ1v) is 10.6. The minimum Gasteiger partial charge on any atom is -0.473 e. The third-order valence-electron chi connectivity index (χ3n) is 5.73. The molecule has 0 spiro atoms. The van der Waals surface area contributed by atoms with E-state index in [4.69, 9.17) is 19.2 Å². The fourth-order valence-corrected chi connectivity index (χ4v) is 4.05. The lowest BCUT2D eigenvalue weighted by atomic mass is 9.91. The summed E-state index contributed by atoms with van der Waals surface area (Å²) in [6.45, 7) is 4.47. The van der Waals surface area contributed by atoms with Crippen LogP contribution in [0.5, 0.6) is 5.88 Å². The van der Waals surface area contributed by atoms with Crippen LogP contribution < -0.4 is 10.1 Å². The van der Waals surface area contributed by atoms with Gasteiger partial charge in [0, 0.05) is 44.3 Å². The number of aromatic nitrogens is 3. The molecule has 5 rings (SSSR count). The van der Waals surface area contributed by atoms with Gasteiger partial charge < -0.3 is 19.5 Å². The highest BCUT2D eigenvalue weighted by Crippen LogP contribution is 2.31. The lowest BCUT2D eigenvalue weighted by Crippen LogP contribution is -2.41. The number of rotatable bonds is 5. The smallest absolute Gasteiger partial charge is 0.242 e. The third-order valence-corrected chi connectivity index (χ3v) is 5.73. The van der Waals surface area contributed by atoms with Gasteiger partial charge in [-0.25, -0.2) is 9.97 Å². The van der Waals surface area contributed by atoms with E-state index in [1.807, 2.05) is 6.07 Å². The molecule has 30 heavy (non-hydrogen) atoms. The Morgan fingerprint density at radius 2 is 1.87 bits per heavy atom. The summed E-state index contributed by atoms with van der Waals surface area (Å²) in [5.41, 5.74) is 4.68. The molecule has 1 atom stereocenters. The predicted molar refractivity (Wildman–Crippen MR) is 114 cm³/mol. The second-order valence-electron chi connectivity index (χ2n) is 7.75. The molecule has 0 bridgehead atoms. The summed E-state index contributed by atoms with van der Waals surface area (Å²) in [5, 5.41) is 3.32. The fraction of sp³-hybridized carbons (Fsp3) is 0.435. The van der Waals surface area contributed by atoms with Crippen molar-refractivity contribution >= 4 is 11.0 Å². The Kier molecular flexibility index (Phi) is 5.83. The number of nitrogens with zero attached hydrogens (tertiary/aromatic N) is 3. The van der Waals surface area contributed by atoms with Gasteiger partial charge in [-0.05, 0) is 30.4 Å². The quantitative estimate of drug-likeness (QED) is 0.698. The molecule has 2 aliphatic heterocycles. The summed E-state index contributed by atoms with van der Waals surface area (Å²) in [4.78, 5) is 13.7. The first kappa shape index (κ1) is 19.4. The van der Waals surface area contributed by atoms with Crippen LogP contribution >= 0.6 is 0 Å². The Bertz CT molecular complexity index is 983. The van der Waals surface area contributed by atoms with Crippen molar-refractivity contribution in [3.63, 3.8) is 0 Å². The van der Waals surface area contributed by atoms with E-state index in [-0.39, 0.29) is 6.10 Å². The average molecular weight is 406 g/mol. The van der Waals surface area contributed by atoms with Crippen molar-refractivity contribution in [2.75, 3.05) is 39.5 Å². The molecule has 3 aromatic rings. The van der Waals surface area contributed by atoms with E-state index >= 15 is 0 Å². The number of fused-ring (bicyclic) bond motifs is 1. The summed E-state index contributed by atoms with van der Waals surface area (Å²) >= 11 is 0. The molecule has 0 saturated carbocycles. The van der Waals surface area contributed by atoms with Crippen LogP contribution in [0, 0.1) is 0 Å². The number of hydrogen-bond donors (Lipinski definition) is 1. The first-order valence-electron chi connectivity index (χ1n) is 10.6. The van der Waals surface area contributed by atoms with Crippen molar-refractivity contribution in [3.05, 3.63) is 48.3 Å². The van der Waals surface area contributed by atoms with Crippen molar-refractivity contribution in [1.29, 1.82) is 0 Å². The van der Waals surface area contributed by atoms with Crippen molar-refractivity contribution in [2.24, 2.45) is 0 Å². The Labute approximate surface area is 175 Å². The van der Waals surface area contributed by atoms with Crippen molar-refractivity contribution in [2.45, 2.75) is 24.9 Å². The summed E-state index contributed by atoms with van der Waals surface area (Å²) in [5.74, 6) is 1.07. The van der Waals surface area contributed by atoms with E-state index in [9.17, 15) is 0 Å². The highest BCUT2D eigenvalue weighted by Gasteiger charge is 2.18. The Hall–Kier alpha value is -2.61. The molecule has 1 N–H and O–H groups in total. The van der Waals surface area contributed by atoms with Gasteiger partial charge in [0.25, 0.3) is 0 Å². The van der Waals surface area contributed by atoms with Crippen LogP contribution in [-0.4, -0.2) is 60.6 Å². The van der Waals surface area contributed by atoms with Gasteiger partial charge in [0.15, 0.2) is 5.52 Å². The zero-order chi connectivity index (χ0) is 20.2. The van der Waals surface area contributed by atoms with E-state index < -0.39 is 0 Å². The van der Waals surface area contributed by atoms with Gasteiger partial charge in [-0.2, -0.15) is 0 Å². The molecule has 7 heteroatoms. The number of morpholine rings is 1. The Morgan fingerprint density at radius 1 is 1.03 bits per heavy atom. The van der Waals surface area contributed by atoms with E-state index in [0.29, 0.717) is 30.5 Å². The maximum atomic E-state index is 6.05. The minimum atomic E-state index is 0.00897. The highest BCUT2D eigenvalue weighted by molar-refractivity contribution is 5.83. The molecule has 156 valence electrons. The lowest BCUT2D eigenvalue weighted by molar-refractivity contribution is -0.000407. The second-order valence-corrected chi connectivity index (χ2v) is 7.75. The zero-order valence-electron chi connectivity index (χ0n) is 16.9. The first-order chi connectivity index (χ1) is 14.9. The predicted octanol–water partition coefficient (Wildman–Crippen LogP) is 2.95. The van der Waals surface area contributed by atoms with Crippen LogP contribution in [0.15, 0.2) is 42.7 Å². The second kappa shape index (κ2) is 9.04. The molecule has 2 saturated heterocycles. The normalized spacial score (nSPS) is 20.3. The molecule has 2 aliphatic rings. The van der Waals surface area contributed by atoms with E-state index in [0.717, 1.165) is 55.9 Å². The highest BCUT2D eigenvalue weighted by atomic mass is 16.5. The topological polar surface area (TPSA) is 78.4 Å². The van der Waals surface area contributed by atoms with Crippen LogP contribution in [-0.2, 0) is 9.47 Å². The molecule has 0 amide bonds. The molecule has 0 radical (unpaired) electrons. The van der Waals surface area contributed by atoms with Crippen LogP contribution in [0.2, 0.25) is 0 Å². The molecular weight excluding hydrogens is 380 g/mol. The number of nitrogens with one attached hydrogen (secondary N) is 1. The summed E-state index contributed by atoms with van der Waals surface area (Å²) in [7, 11) is 0. The van der Waals surface area contributed by atoms with Gasteiger partial charge in [-0.15, -0.1) is 0 Å². The standard InChI is InChI=1S/C23H26N4O3/c1-3-18(4-2-16(1)17-5-10-28-11-6-17)20-13-21-22(26-8-7-25-21)23(27-20)30-15-19-14-24-9-12-29-19/h1-4,7-8,13,17,19,24H,5-6,9-12,14-15H2/t19-/m0/s1. The molecule has 0 aliphatic carbocycles. The largest absolute Gasteiger partial charge is 0.473 e. The fourth-order valence-electron chi connectivity index (χ4n) is 4.05. The van der Waals surface area contributed by atoms with E-state index in [1.54, 1.807) is 12.4 Å². The van der Waals surface area contributed by atoms with Crippen molar-refractivity contribution in [1.82, 2.24) is 20.3 Å². The SMILES string of the molecule is c1cnc2c(OC[C@@H]3CNCCO3)nc(-c3ccc(C4CCOCC4)cc3)cc2n1. The van der Waals surface area contributed by atoms with Gasteiger partial charge in [-0.1, -0.05) is 24.3 Å². The van der Waals surface area contributed by atoms with Gasteiger partial charge >= 0.3 is 0 Å². The lowest BCUT2D eigenvalue weighted by Gasteiger charge is -2.23. The molecule has 2 fully saturated rings. The molecule has 2 aromatic heterocycles. The van der Waals surface area contributed by atoms with Gasteiger partial charge in [0.1, 0.15) is 12.7 Å². The van der Waals surface area contributed by atoms with Crippen LogP contribution in [0.4, 0.5) is 0 Å². The maximum Gasteiger partial charge on any atom is 0.242 e. The Morgan fingerprint density at radius 3 is 2.67 bits per heavy atom. The number of pyridine rings is 1. The van der Waals surface area contributed by atoms with E-state index in [1.165, 1.54) is 5.56 Å². The average Bonchev–Trinajstić information content (AvgIpc) is 2.84.